The third kappa shape index (κ3) is 9.69. The maximum Gasteiger partial charge on any atom is 0.314 e. The van der Waals surface area contributed by atoms with Gasteiger partial charge in [0.05, 0.1) is 22.3 Å². The topological polar surface area (TPSA) is 174 Å². The minimum absolute atomic E-state index is 0.162. The second kappa shape index (κ2) is 16.5. The summed E-state index contributed by atoms with van der Waals surface area (Å²) < 4.78 is 0. The number of carbonyl (C=O) groups is 2. The summed E-state index contributed by atoms with van der Waals surface area (Å²) in [6.07, 6.45) is 1.53. The second-order valence-corrected chi connectivity index (χ2v) is 8.98. The van der Waals surface area contributed by atoms with Crippen LogP contribution in [0.15, 0.2) is 42.5 Å². The molecule has 6 N–H and O–H groups in total. The fourth-order valence-corrected chi connectivity index (χ4v) is 3.99. The summed E-state index contributed by atoms with van der Waals surface area (Å²) in [4.78, 5) is 39.7. The highest BCUT2D eigenvalue weighted by Gasteiger charge is 2.16. The number of amides is 3. The van der Waals surface area contributed by atoms with E-state index in [0.29, 0.717) is 48.9 Å². The molecule has 1 aromatic heterocycles. The molecule has 0 saturated carbocycles. The Hall–Kier alpha value is -4.46. The molecule has 0 unspecified atom stereocenters. The SMILES string of the molecule is CCNC(=O)NCCCCNC(=O)c1cccc2c(NCCN(C)C(=S)NC)c3ccccc3nc12.O=[N+]([O-])O. The number of benzene rings is 2. The third-order valence-corrected chi connectivity index (χ3v) is 6.29. The number of aromatic nitrogens is 1. The quantitative estimate of drug-likeness (QED) is 0.0659. The molecule has 0 radical (unpaired) electrons. The molecule has 2 aromatic carbocycles. The Kier molecular flexibility index (Phi) is 13.1. The Balaban J connectivity index is 0.00000131. The van der Waals surface area contributed by atoms with Crippen LogP contribution in [-0.2, 0) is 0 Å². The summed E-state index contributed by atoms with van der Waals surface area (Å²) in [6, 6.07) is 13.4. The predicted molar refractivity (Wildman–Crippen MR) is 159 cm³/mol. The lowest BCUT2D eigenvalue weighted by Gasteiger charge is -2.21. The van der Waals surface area contributed by atoms with Gasteiger partial charge in [0.1, 0.15) is 0 Å². The molecule has 0 aliphatic rings. The molecule has 216 valence electrons. The summed E-state index contributed by atoms with van der Waals surface area (Å²) in [5, 5.41) is 31.2. The number of rotatable bonds is 11. The molecule has 14 heteroatoms. The highest BCUT2D eigenvalue weighted by molar-refractivity contribution is 7.80. The first kappa shape index (κ1) is 31.8. The lowest BCUT2D eigenvalue weighted by Crippen LogP contribution is -2.37. The first-order valence-corrected chi connectivity index (χ1v) is 13.2. The van der Waals surface area contributed by atoms with Gasteiger partial charge < -0.3 is 36.7 Å². The lowest BCUT2D eigenvalue weighted by atomic mass is 10.0. The average molecular weight is 573 g/mol. The maximum absolute atomic E-state index is 13.1. The fourth-order valence-electron chi connectivity index (χ4n) is 3.90. The van der Waals surface area contributed by atoms with E-state index in [9.17, 15) is 9.59 Å². The first-order chi connectivity index (χ1) is 19.2. The van der Waals surface area contributed by atoms with Crippen molar-refractivity contribution in [2.45, 2.75) is 19.8 Å². The van der Waals surface area contributed by atoms with E-state index < -0.39 is 5.09 Å². The smallest absolute Gasteiger partial charge is 0.314 e. The van der Waals surface area contributed by atoms with Crippen molar-refractivity contribution in [3.63, 3.8) is 0 Å². The highest BCUT2D eigenvalue weighted by Crippen LogP contribution is 2.32. The van der Waals surface area contributed by atoms with E-state index in [1.165, 1.54) is 0 Å². The van der Waals surface area contributed by atoms with Crippen LogP contribution in [0, 0.1) is 10.1 Å². The molecule has 3 aromatic rings. The zero-order valence-electron chi connectivity index (χ0n) is 22.8. The summed E-state index contributed by atoms with van der Waals surface area (Å²) in [6.45, 7) is 4.93. The Morgan fingerprint density at radius 2 is 1.68 bits per heavy atom. The number of pyridine rings is 1. The molecule has 13 nitrogen and oxygen atoms in total. The molecule has 40 heavy (non-hydrogen) atoms. The number of nitrogens with one attached hydrogen (secondary N) is 5. The molecule has 0 spiro atoms. The van der Waals surface area contributed by atoms with Crippen LogP contribution in [0.5, 0.6) is 0 Å². The number of likely N-dealkylation sites (N-methyl/N-ethyl adjacent to an activating group) is 1. The number of para-hydroxylation sites is 2. The van der Waals surface area contributed by atoms with Crippen LogP contribution in [0.3, 0.4) is 0 Å². The van der Waals surface area contributed by atoms with Crippen LogP contribution < -0.4 is 26.6 Å². The molecular formula is C26H36N8O5S. The summed E-state index contributed by atoms with van der Waals surface area (Å²) in [7, 11) is 3.76. The van der Waals surface area contributed by atoms with Crippen molar-refractivity contribution < 1.29 is 19.9 Å². The van der Waals surface area contributed by atoms with E-state index in [0.717, 1.165) is 34.8 Å². The number of thiocarbonyl (C=S) groups is 1. The van der Waals surface area contributed by atoms with Gasteiger partial charge in [-0.3, -0.25) is 4.79 Å². The minimum Gasteiger partial charge on any atom is -0.382 e. The first-order valence-electron chi connectivity index (χ1n) is 12.8. The number of urea groups is 1. The Labute approximate surface area is 237 Å². The van der Waals surface area contributed by atoms with Crippen LogP contribution in [0.2, 0.25) is 0 Å². The number of fused-ring (bicyclic) bond motifs is 2. The van der Waals surface area contributed by atoms with Crippen LogP contribution in [-0.4, -0.2) is 84.0 Å². The van der Waals surface area contributed by atoms with Crippen molar-refractivity contribution in [3.05, 3.63) is 58.1 Å². The van der Waals surface area contributed by atoms with Crippen LogP contribution in [0.25, 0.3) is 21.8 Å². The van der Waals surface area contributed by atoms with Crippen molar-refractivity contribution in [1.82, 2.24) is 31.2 Å². The van der Waals surface area contributed by atoms with E-state index in [4.69, 9.17) is 32.5 Å². The van der Waals surface area contributed by atoms with Gasteiger partial charge in [-0.2, -0.15) is 0 Å². The van der Waals surface area contributed by atoms with Gasteiger partial charge in [0.2, 0.25) is 0 Å². The number of carbonyl (C=O) groups excluding carboxylic acids is 2. The zero-order valence-corrected chi connectivity index (χ0v) is 23.6. The molecule has 0 aliphatic heterocycles. The van der Waals surface area contributed by atoms with Gasteiger partial charge in [0.25, 0.3) is 11.0 Å². The van der Waals surface area contributed by atoms with Gasteiger partial charge in [-0.05, 0) is 44.1 Å². The molecular weight excluding hydrogens is 536 g/mol. The van der Waals surface area contributed by atoms with E-state index in [-0.39, 0.29) is 11.9 Å². The van der Waals surface area contributed by atoms with Gasteiger partial charge in [-0.15, -0.1) is 10.1 Å². The van der Waals surface area contributed by atoms with Gasteiger partial charge in [0.15, 0.2) is 5.11 Å². The molecule has 0 aliphatic carbocycles. The molecule has 0 atom stereocenters. The summed E-state index contributed by atoms with van der Waals surface area (Å²) in [5.74, 6) is -0.162. The Morgan fingerprint density at radius 3 is 2.35 bits per heavy atom. The number of hydrogen-bond acceptors (Lipinski definition) is 7. The van der Waals surface area contributed by atoms with Gasteiger partial charge in [0, 0.05) is 57.6 Å². The molecule has 0 bridgehead atoms. The second-order valence-electron chi connectivity index (χ2n) is 8.60. The van der Waals surface area contributed by atoms with Gasteiger partial charge in [-0.1, -0.05) is 30.3 Å². The third-order valence-electron chi connectivity index (χ3n) is 5.78. The largest absolute Gasteiger partial charge is 0.382 e. The molecule has 3 rings (SSSR count). The lowest BCUT2D eigenvalue weighted by molar-refractivity contribution is -0.742. The van der Waals surface area contributed by atoms with E-state index in [1.54, 1.807) is 6.07 Å². The maximum atomic E-state index is 13.1. The molecule has 0 saturated heterocycles. The summed E-state index contributed by atoms with van der Waals surface area (Å²) >= 11 is 5.30. The summed E-state index contributed by atoms with van der Waals surface area (Å²) in [5.41, 5.74) is 2.97. The Bertz CT molecular complexity index is 1320. The molecule has 1 heterocycles. The number of anilines is 1. The Morgan fingerprint density at radius 1 is 1.02 bits per heavy atom. The number of nitrogens with zero attached hydrogens (tertiary/aromatic N) is 3. The highest BCUT2D eigenvalue weighted by atomic mass is 32.1. The normalized spacial score (nSPS) is 10.2. The van der Waals surface area contributed by atoms with Crippen molar-refractivity contribution in [2.75, 3.05) is 52.1 Å². The zero-order chi connectivity index (χ0) is 29.5. The average Bonchev–Trinajstić information content (AvgIpc) is 2.93. The molecule has 3 amide bonds. The van der Waals surface area contributed by atoms with E-state index in [1.807, 2.05) is 62.3 Å². The predicted octanol–water partition coefficient (Wildman–Crippen LogP) is 2.72. The minimum atomic E-state index is -1.50. The van der Waals surface area contributed by atoms with Crippen LogP contribution >= 0.6 is 12.2 Å². The van der Waals surface area contributed by atoms with Crippen molar-refractivity contribution in [2.24, 2.45) is 0 Å². The van der Waals surface area contributed by atoms with E-state index >= 15 is 0 Å². The molecule has 0 fully saturated rings. The standard InChI is InChI=1S/C26H35N7O2S.HNO3/c1-4-28-25(35)31-15-8-7-14-30-24(34)20-12-9-11-19-22(29-16-17-33(3)26(36)27-2)18-10-5-6-13-21(18)32-23(19)20;2-1(3)4/h5-6,9-13H,4,7-8,14-17H2,1-3H3,(H,27,36)(H,29,32)(H,30,34)(H2,28,31,35);(H,2,3,4). The van der Waals surface area contributed by atoms with Gasteiger partial charge in [-0.25, -0.2) is 9.78 Å². The van der Waals surface area contributed by atoms with Crippen molar-refractivity contribution in [3.8, 4) is 0 Å². The fraction of sp³-hybridized carbons (Fsp3) is 0.385. The van der Waals surface area contributed by atoms with Gasteiger partial charge >= 0.3 is 6.03 Å². The van der Waals surface area contributed by atoms with Crippen LogP contribution in [0.4, 0.5) is 10.5 Å². The number of hydrogen-bond donors (Lipinski definition) is 6. The number of unbranched alkanes of at least 4 members (excludes halogenated alkanes) is 1. The van der Waals surface area contributed by atoms with Crippen LogP contribution in [0.1, 0.15) is 30.1 Å². The monoisotopic (exact) mass is 572 g/mol. The van der Waals surface area contributed by atoms with E-state index in [2.05, 4.69) is 26.6 Å². The van der Waals surface area contributed by atoms with Crippen molar-refractivity contribution >= 4 is 56.8 Å². The van der Waals surface area contributed by atoms with Crippen molar-refractivity contribution in [1.29, 1.82) is 0 Å².